The molecule has 49 heavy (non-hydrogen) atoms. The molecule has 0 radical (unpaired) electrons. The summed E-state index contributed by atoms with van der Waals surface area (Å²) in [7, 11) is 0. The minimum atomic E-state index is -4.74. The van der Waals surface area contributed by atoms with Crippen molar-refractivity contribution in [1.82, 2.24) is 0 Å². The molecule has 0 saturated carbocycles. The van der Waals surface area contributed by atoms with Gasteiger partial charge in [0.05, 0.1) is 18.8 Å². The summed E-state index contributed by atoms with van der Waals surface area (Å²) < 4.78 is 161. The third kappa shape index (κ3) is 7.41. The molecule has 1 fully saturated rings. The Bertz CT molecular complexity index is 1800. The van der Waals surface area contributed by atoms with Crippen LogP contribution in [-0.2, 0) is 21.6 Å². The lowest BCUT2D eigenvalue weighted by atomic mass is 9.85. The Hall–Kier alpha value is -4.14. The normalized spacial score (nSPS) is 19.7. The van der Waals surface area contributed by atoms with Crippen molar-refractivity contribution in [2.75, 3.05) is 13.2 Å². The van der Waals surface area contributed by atoms with Gasteiger partial charge in [0, 0.05) is 22.6 Å². The van der Waals surface area contributed by atoms with Gasteiger partial charge in [-0.2, -0.15) is 8.78 Å². The number of unbranched alkanes of at least 4 members (excludes halogenated alkanes) is 2. The van der Waals surface area contributed by atoms with E-state index in [9.17, 15) is 27.1 Å². The quantitative estimate of drug-likeness (QED) is 0.102. The van der Waals surface area contributed by atoms with Gasteiger partial charge in [0.15, 0.2) is 17.5 Å². The molecule has 0 bridgehead atoms. The first-order valence-corrected chi connectivity index (χ1v) is 15.0. The molecule has 0 spiro atoms. The van der Waals surface area contributed by atoms with E-state index in [0.29, 0.717) is 48.9 Å². The SMILES string of the molecule is CCCCCC1(C)COC(O)(c2cc(F)c(C(F)(F)Oc3ccc(-c4cc(F)c(-c5cc(F)c(F)c(F)c5)c(F)c4)c(F)c3)c(F)c2)OC1. The summed E-state index contributed by atoms with van der Waals surface area (Å²) in [6.45, 7) is 3.77. The van der Waals surface area contributed by atoms with Crippen molar-refractivity contribution in [3.05, 3.63) is 112 Å². The molecule has 14 heteroatoms. The van der Waals surface area contributed by atoms with Gasteiger partial charge in [0.25, 0.3) is 0 Å². The van der Waals surface area contributed by atoms with Crippen molar-refractivity contribution in [3.8, 4) is 28.0 Å². The highest BCUT2D eigenvalue weighted by Gasteiger charge is 2.46. The molecule has 0 aromatic heterocycles. The Morgan fingerprint density at radius 2 is 1.27 bits per heavy atom. The number of alkyl halides is 2. The summed E-state index contributed by atoms with van der Waals surface area (Å²) in [6.07, 6.45) is -1.28. The molecule has 4 aromatic carbocycles. The molecule has 262 valence electrons. The topological polar surface area (TPSA) is 47.9 Å². The van der Waals surface area contributed by atoms with Crippen LogP contribution in [0.4, 0.5) is 43.9 Å². The first-order valence-electron chi connectivity index (χ1n) is 15.0. The molecule has 0 amide bonds. The Labute approximate surface area is 273 Å². The Morgan fingerprint density at radius 3 is 1.80 bits per heavy atom. The molecule has 1 aliphatic rings. The van der Waals surface area contributed by atoms with Gasteiger partial charge < -0.3 is 19.3 Å². The second-order valence-electron chi connectivity index (χ2n) is 12.1. The highest BCUT2D eigenvalue weighted by Crippen LogP contribution is 2.42. The molecule has 1 N–H and O–H groups in total. The number of hydrogen-bond donors (Lipinski definition) is 1. The van der Waals surface area contributed by atoms with E-state index in [1.54, 1.807) is 0 Å². The van der Waals surface area contributed by atoms with Crippen molar-refractivity contribution in [2.45, 2.75) is 51.6 Å². The average Bonchev–Trinajstić information content (AvgIpc) is 3.00. The fraction of sp³-hybridized carbons (Fsp3) is 0.314. The van der Waals surface area contributed by atoms with Crippen LogP contribution < -0.4 is 4.74 Å². The van der Waals surface area contributed by atoms with Crippen molar-refractivity contribution in [1.29, 1.82) is 0 Å². The van der Waals surface area contributed by atoms with Gasteiger partial charge in [0.1, 0.15) is 40.4 Å². The van der Waals surface area contributed by atoms with Gasteiger partial charge in [0.2, 0.25) is 0 Å². The monoisotopic (exact) mass is 702 g/mol. The van der Waals surface area contributed by atoms with E-state index in [4.69, 9.17) is 9.47 Å². The van der Waals surface area contributed by atoms with Gasteiger partial charge in [-0.1, -0.05) is 33.1 Å². The van der Waals surface area contributed by atoms with Crippen LogP contribution in [0.5, 0.6) is 5.75 Å². The molecule has 0 aliphatic carbocycles. The van der Waals surface area contributed by atoms with Crippen molar-refractivity contribution >= 4 is 0 Å². The van der Waals surface area contributed by atoms with Gasteiger partial charge in [-0.25, -0.2) is 35.1 Å². The Balaban J connectivity index is 1.35. The summed E-state index contributed by atoms with van der Waals surface area (Å²) in [4.78, 5) is 0. The van der Waals surface area contributed by atoms with E-state index < -0.39 is 103 Å². The number of halogens is 10. The van der Waals surface area contributed by atoms with Crippen LogP contribution in [0.15, 0.2) is 54.6 Å². The van der Waals surface area contributed by atoms with Crippen LogP contribution >= 0.6 is 0 Å². The van der Waals surface area contributed by atoms with Crippen LogP contribution in [0, 0.1) is 52.0 Å². The van der Waals surface area contributed by atoms with Crippen molar-refractivity contribution in [2.24, 2.45) is 5.41 Å². The third-order valence-electron chi connectivity index (χ3n) is 8.13. The largest absolute Gasteiger partial charge is 0.432 e. The molecule has 4 nitrogen and oxygen atoms in total. The molecule has 5 rings (SSSR count). The first kappa shape index (κ1) is 36.1. The van der Waals surface area contributed by atoms with Crippen LogP contribution in [0.25, 0.3) is 22.3 Å². The number of aliphatic hydroxyl groups is 1. The number of benzene rings is 4. The van der Waals surface area contributed by atoms with Crippen LogP contribution in [-0.4, -0.2) is 18.3 Å². The first-order chi connectivity index (χ1) is 23.0. The maximum absolute atomic E-state index is 15.1. The number of ether oxygens (including phenoxy) is 3. The lowest BCUT2D eigenvalue weighted by molar-refractivity contribution is -0.415. The molecular formula is C35H28F10O4. The highest BCUT2D eigenvalue weighted by molar-refractivity contribution is 5.72. The average molecular weight is 703 g/mol. The van der Waals surface area contributed by atoms with Crippen molar-refractivity contribution in [3.63, 3.8) is 0 Å². The lowest BCUT2D eigenvalue weighted by Crippen LogP contribution is -2.47. The van der Waals surface area contributed by atoms with E-state index in [1.165, 1.54) is 0 Å². The molecule has 4 aromatic rings. The summed E-state index contributed by atoms with van der Waals surface area (Å²) in [5.74, 6) is -16.7. The molecule has 1 aliphatic heterocycles. The molecule has 0 atom stereocenters. The predicted octanol–water partition coefficient (Wildman–Crippen LogP) is 10.00. The smallest absolute Gasteiger partial charge is 0.429 e. The lowest BCUT2D eigenvalue weighted by Gasteiger charge is -2.42. The van der Waals surface area contributed by atoms with Crippen LogP contribution in [0.1, 0.15) is 50.7 Å². The zero-order valence-electron chi connectivity index (χ0n) is 25.9. The van der Waals surface area contributed by atoms with Gasteiger partial charge in [-0.3, -0.25) is 0 Å². The van der Waals surface area contributed by atoms with E-state index in [2.05, 4.69) is 4.74 Å². The van der Waals surface area contributed by atoms with E-state index >= 15 is 22.0 Å². The minimum absolute atomic E-state index is 0.0450. The Kier molecular flexibility index (Phi) is 10.1. The summed E-state index contributed by atoms with van der Waals surface area (Å²) >= 11 is 0. The van der Waals surface area contributed by atoms with Crippen molar-refractivity contribution < 1.29 is 63.2 Å². The predicted molar refractivity (Wildman–Crippen MR) is 156 cm³/mol. The molecule has 1 heterocycles. The molecule has 1 saturated heterocycles. The standard InChI is InChI=1S/C35H28F10O4/c1-3-4-5-8-33(2)16-47-35(46,48-17-33)20-13-26(39)31(27(40)14-20)34(44,45)49-21-6-7-22(23(36)15-21)18-9-24(37)30(25(38)10-18)19-11-28(41)32(43)29(42)12-19/h6-7,9-15,46H,3-5,8,16-17H2,1-2H3. The van der Waals surface area contributed by atoms with E-state index in [1.807, 2.05) is 13.8 Å². The van der Waals surface area contributed by atoms with Crippen LogP contribution in [0.3, 0.4) is 0 Å². The summed E-state index contributed by atoms with van der Waals surface area (Å²) in [6, 6.07) is 4.54. The summed E-state index contributed by atoms with van der Waals surface area (Å²) in [5.41, 5.74) is -5.67. The van der Waals surface area contributed by atoms with Gasteiger partial charge in [-0.15, -0.1) is 0 Å². The number of rotatable bonds is 10. The second-order valence-corrected chi connectivity index (χ2v) is 12.1. The highest BCUT2D eigenvalue weighted by atomic mass is 19.3. The third-order valence-corrected chi connectivity index (χ3v) is 8.13. The maximum atomic E-state index is 15.1. The van der Waals surface area contributed by atoms with E-state index in [0.717, 1.165) is 31.4 Å². The fourth-order valence-electron chi connectivity index (χ4n) is 5.47. The Morgan fingerprint density at radius 1 is 0.714 bits per heavy atom. The maximum Gasteiger partial charge on any atom is 0.432 e. The number of hydrogen-bond acceptors (Lipinski definition) is 4. The zero-order valence-corrected chi connectivity index (χ0v) is 25.9. The zero-order chi connectivity index (χ0) is 35.9. The second kappa shape index (κ2) is 13.6. The molecule has 0 unspecified atom stereocenters. The van der Waals surface area contributed by atoms with E-state index in [-0.39, 0.29) is 13.2 Å². The van der Waals surface area contributed by atoms with Crippen LogP contribution in [0.2, 0.25) is 0 Å². The fourth-order valence-corrected chi connectivity index (χ4v) is 5.47. The van der Waals surface area contributed by atoms with Gasteiger partial charge >= 0.3 is 12.1 Å². The molecular weight excluding hydrogens is 674 g/mol. The summed E-state index contributed by atoms with van der Waals surface area (Å²) in [5, 5.41) is 10.8. The van der Waals surface area contributed by atoms with Gasteiger partial charge in [-0.05, 0) is 66.1 Å². The minimum Gasteiger partial charge on any atom is -0.429 e.